The third-order valence-electron chi connectivity index (χ3n) is 10.1. The van der Waals surface area contributed by atoms with Crippen molar-refractivity contribution in [1.82, 2.24) is 38.9 Å². The van der Waals surface area contributed by atoms with Gasteiger partial charge in [0.2, 0.25) is 0 Å². The Morgan fingerprint density at radius 1 is 0.460 bits per heavy atom. The lowest BCUT2D eigenvalue weighted by Crippen LogP contribution is -2.41. The molecular weight excluding hydrogens is 821 g/mol. The van der Waals surface area contributed by atoms with Crippen LogP contribution >= 0.6 is 0 Å². The number of nitrogens with zero attached hydrogens (tertiary/aromatic N) is 7. The quantitative estimate of drug-likeness (QED) is 0.0552. The summed E-state index contributed by atoms with van der Waals surface area (Å²) < 4.78 is 0.921. The minimum Gasteiger partial charge on any atom is -0.425 e. The van der Waals surface area contributed by atoms with E-state index in [1.807, 2.05) is 31.2 Å². The van der Waals surface area contributed by atoms with Crippen LogP contribution in [0.25, 0.3) is 0 Å². The van der Waals surface area contributed by atoms with Crippen LogP contribution < -0.4 is 27.6 Å². The maximum atomic E-state index is 13.9. The van der Waals surface area contributed by atoms with Gasteiger partial charge in [0.05, 0.1) is 0 Å². The zero-order chi connectivity index (χ0) is 45.6. The van der Waals surface area contributed by atoms with Gasteiger partial charge < -0.3 is 40.8 Å². The van der Waals surface area contributed by atoms with Crippen LogP contribution in [0, 0.1) is 6.92 Å². The Balaban J connectivity index is 1.29. The lowest BCUT2D eigenvalue weighted by molar-refractivity contribution is 0.0637. The van der Waals surface area contributed by atoms with Crippen LogP contribution in [0.4, 0.5) is 0 Å². The number of carbonyl (C=O) groups excluding carboxylic acids is 4. The van der Waals surface area contributed by atoms with Gasteiger partial charge in [-0.1, -0.05) is 54.1 Å². The number of aryl methyl sites for hydroxylation is 1. The van der Waals surface area contributed by atoms with Gasteiger partial charge in [-0.2, -0.15) is 0 Å². The summed E-state index contributed by atoms with van der Waals surface area (Å²) in [6, 6.07) is 22.4. The second kappa shape index (κ2) is 21.6. The number of amides is 4. The van der Waals surface area contributed by atoms with Crippen molar-refractivity contribution in [2.45, 2.75) is 39.0 Å². The maximum Gasteiger partial charge on any atom is 0.283 e. The average Bonchev–Trinajstić information content (AvgIpc) is 3.27. The van der Waals surface area contributed by atoms with Crippen LogP contribution in [0.5, 0.6) is 0 Å². The molecule has 4 heterocycles. The molecule has 0 unspecified atom stereocenters. The predicted octanol–water partition coefficient (Wildman–Crippen LogP) is 1.55. The highest BCUT2D eigenvalue weighted by Gasteiger charge is 2.24. The molecule has 0 aliphatic heterocycles. The third-order valence-corrected chi connectivity index (χ3v) is 10.1. The maximum absolute atomic E-state index is 13.9. The van der Waals surface area contributed by atoms with Crippen molar-refractivity contribution in [3.05, 3.63) is 172 Å². The number of rotatable bonds is 20. The molecule has 0 bridgehead atoms. The topological polar surface area (TPSA) is 259 Å². The monoisotopic (exact) mass is 868 g/mol. The van der Waals surface area contributed by atoms with E-state index in [1.165, 1.54) is 63.2 Å². The molecule has 0 radical (unpaired) electrons. The van der Waals surface area contributed by atoms with Gasteiger partial charge in [-0.05, 0) is 68.9 Å². The van der Waals surface area contributed by atoms with Crippen molar-refractivity contribution in [2.75, 3.05) is 45.8 Å². The summed E-state index contributed by atoms with van der Waals surface area (Å²) in [6.07, 6.45) is 1.31. The molecule has 0 aliphatic carbocycles. The summed E-state index contributed by atoms with van der Waals surface area (Å²) in [4.78, 5) is 106. The molecule has 5 N–H and O–H groups in total. The fraction of sp³-hybridized carbons (Fsp3) is 0.302. The van der Waals surface area contributed by atoms with E-state index in [0.717, 1.165) is 35.4 Å². The predicted molar refractivity (Wildman–Crippen MR) is 225 cm³/mol. The molecule has 5 rings (SSSR count). The van der Waals surface area contributed by atoms with Crippen LogP contribution in [-0.4, -0.2) is 124 Å². The molecule has 0 spiro atoms. The molecule has 332 valence electrons. The molecule has 1 aromatic carbocycles. The molecule has 0 saturated heterocycles. The molecule has 20 heteroatoms. The van der Waals surface area contributed by atoms with Gasteiger partial charge in [0.25, 0.3) is 45.9 Å². The van der Waals surface area contributed by atoms with Crippen LogP contribution in [0.15, 0.2) is 116 Å². The standard InChI is InChI=1S/C43H48N8O12/c1-30-18-20-31(21-19-30)22-29-47(43(59)35-13-7-17-39(55)51(35)63)28-9-27-46(42(58)34-12-6-16-38(54)50(34)62)25-3-2-24-45(41(57)33-11-5-15-37(53)49(33)61)26-8-23-44-40(56)32-10-4-14-36(52)48(32)60/h4-7,10-21,60-63H,2-3,8-9,22-29H2,1H3,(H,44,56). The molecule has 4 aromatic heterocycles. The van der Waals surface area contributed by atoms with Crippen molar-refractivity contribution < 1.29 is 40.0 Å². The van der Waals surface area contributed by atoms with Crippen molar-refractivity contribution >= 4 is 23.6 Å². The first kappa shape index (κ1) is 46.2. The highest BCUT2D eigenvalue weighted by atomic mass is 16.5. The Kier molecular flexibility index (Phi) is 15.8. The number of hydrogen-bond donors (Lipinski definition) is 5. The van der Waals surface area contributed by atoms with Crippen molar-refractivity contribution in [1.29, 1.82) is 0 Å². The molecular formula is C43H48N8O12. The fourth-order valence-electron chi connectivity index (χ4n) is 6.65. The summed E-state index contributed by atoms with van der Waals surface area (Å²) in [7, 11) is 0. The number of unbranched alkanes of at least 4 members (excludes halogenated alkanes) is 1. The van der Waals surface area contributed by atoms with Gasteiger partial charge in [0.1, 0.15) is 22.8 Å². The summed E-state index contributed by atoms with van der Waals surface area (Å²) in [6.45, 7) is 2.33. The molecule has 5 aromatic rings. The van der Waals surface area contributed by atoms with E-state index >= 15 is 0 Å². The third kappa shape index (κ3) is 11.9. The number of nitrogens with one attached hydrogen (secondary N) is 1. The largest absolute Gasteiger partial charge is 0.425 e. The van der Waals surface area contributed by atoms with E-state index in [9.17, 15) is 59.2 Å². The van der Waals surface area contributed by atoms with Crippen LogP contribution in [0.3, 0.4) is 0 Å². The first-order valence-corrected chi connectivity index (χ1v) is 20.0. The first-order chi connectivity index (χ1) is 30.2. The lowest BCUT2D eigenvalue weighted by atomic mass is 10.1. The van der Waals surface area contributed by atoms with Crippen LogP contribution in [0.1, 0.15) is 78.8 Å². The van der Waals surface area contributed by atoms with Crippen molar-refractivity contribution in [3.63, 3.8) is 0 Å². The molecule has 63 heavy (non-hydrogen) atoms. The zero-order valence-electron chi connectivity index (χ0n) is 34.4. The number of benzene rings is 1. The molecule has 0 fully saturated rings. The Hall–Kier alpha value is -7.90. The van der Waals surface area contributed by atoms with Gasteiger partial charge in [0, 0.05) is 70.1 Å². The molecule has 0 saturated carbocycles. The highest BCUT2D eigenvalue weighted by molar-refractivity contribution is 5.94. The van der Waals surface area contributed by atoms with E-state index in [2.05, 4.69) is 5.32 Å². The number of aromatic nitrogens is 4. The summed E-state index contributed by atoms with van der Waals surface area (Å²) in [5.74, 6) is -2.79. The van der Waals surface area contributed by atoms with Gasteiger partial charge in [-0.25, -0.2) is 0 Å². The van der Waals surface area contributed by atoms with Crippen LogP contribution in [-0.2, 0) is 6.42 Å². The van der Waals surface area contributed by atoms with Crippen molar-refractivity contribution in [2.24, 2.45) is 0 Å². The van der Waals surface area contributed by atoms with Crippen molar-refractivity contribution in [3.8, 4) is 0 Å². The number of hydrogen-bond acceptors (Lipinski definition) is 12. The molecule has 20 nitrogen and oxygen atoms in total. The van der Waals surface area contributed by atoms with E-state index in [1.54, 1.807) is 0 Å². The Morgan fingerprint density at radius 3 is 1.24 bits per heavy atom. The minimum atomic E-state index is -0.840. The highest BCUT2D eigenvalue weighted by Crippen LogP contribution is 2.12. The van der Waals surface area contributed by atoms with E-state index < -0.39 is 45.9 Å². The van der Waals surface area contributed by atoms with Gasteiger partial charge in [-0.3, -0.25) is 38.4 Å². The van der Waals surface area contributed by atoms with Gasteiger partial charge in [0.15, 0.2) is 0 Å². The number of pyridine rings is 4. The molecule has 0 atom stereocenters. The zero-order valence-corrected chi connectivity index (χ0v) is 34.4. The van der Waals surface area contributed by atoms with E-state index in [4.69, 9.17) is 0 Å². The second-order valence-electron chi connectivity index (χ2n) is 14.5. The van der Waals surface area contributed by atoms with E-state index in [-0.39, 0.29) is 113 Å². The second-order valence-corrected chi connectivity index (χ2v) is 14.5. The molecule has 4 amide bonds. The Morgan fingerprint density at radius 2 is 0.810 bits per heavy atom. The normalized spacial score (nSPS) is 10.9. The average molecular weight is 869 g/mol. The number of carbonyl (C=O) groups is 4. The minimum absolute atomic E-state index is 0.000194. The summed E-state index contributed by atoms with van der Waals surface area (Å²) in [5, 5.41) is 43.7. The smallest absolute Gasteiger partial charge is 0.283 e. The van der Waals surface area contributed by atoms with E-state index in [0.29, 0.717) is 6.42 Å². The lowest BCUT2D eigenvalue weighted by Gasteiger charge is -2.27. The van der Waals surface area contributed by atoms with Gasteiger partial charge in [-0.15, -0.1) is 18.9 Å². The first-order valence-electron chi connectivity index (χ1n) is 20.0. The summed E-state index contributed by atoms with van der Waals surface area (Å²) >= 11 is 0. The fourth-order valence-corrected chi connectivity index (χ4v) is 6.65. The SMILES string of the molecule is Cc1ccc(CCN(CCCN(CCCCN(CCCNC(=O)c2cccc(=O)n2O)C(=O)c2cccc(=O)n2O)C(=O)c2cccc(=O)n2O)C(=O)c2cccc(=O)n2O)cc1. The Labute approximate surface area is 359 Å². The van der Waals surface area contributed by atoms with Gasteiger partial charge >= 0.3 is 0 Å². The van der Waals surface area contributed by atoms with Crippen LogP contribution in [0.2, 0.25) is 0 Å². The molecule has 0 aliphatic rings. The summed E-state index contributed by atoms with van der Waals surface area (Å²) in [5.41, 5.74) is -2.48. The Bertz CT molecular complexity index is 2670.